The molecule has 0 fully saturated rings. The van der Waals surface area contributed by atoms with Gasteiger partial charge in [-0.25, -0.2) is 9.98 Å². The van der Waals surface area contributed by atoms with E-state index in [9.17, 15) is 0 Å². The molecule has 2 aromatic rings. The third kappa shape index (κ3) is 2.30. The Labute approximate surface area is 164 Å². The Hall–Kier alpha value is -3.14. The maximum Gasteiger partial charge on any atom is 0.0904 e. The summed E-state index contributed by atoms with van der Waals surface area (Å²) in [5.41, 5.74) is 13.3. The molecule has 0 unspecified atom stereocenters. The zero-order valence-corrected chi connectivity index (χ0v) is 17.2. The fourth-order valence-corrected chi connectivity index (χ4v) is 4.21. The van der Waals surface area contributed by atoms with E-state index < -0.39 is 0 Å². The normalized spacial score (nSPS) is 18.2. The van der Waals surface area contributed by atoms with Crippen LogP contribution >= 0.6 is 0 Å². The fraction of sp³-hybridized carbons (Fsp3) is 0.250. The van der Waals surface area contributed by atoms with E-state index in [0.29, 0.717) is 0 Å². The number of H-pyrrole nitrogens is 2. The van der Waals surface area contributed by atoms with Crippen LogP contribution in [0.25, 0.3) is 11.3 Å². The second kappa shape index (κ2) is 5.68. The number of hydrogen-bond acceptors (Lipinski definition) is 2. The van der Waals surface area contributed by atoms with Gasteiger partial charge >= 0.3 is 0 Å². The van der Waals surface area contributed by atoms with E-state index in [1.807, 2.05) is 0 Å². The third-order valence-electron chi connectivity index (χ3n) is 6.00. The summed E-state index contributed by atoms with van der Waals surface area (Å²) in [5, 5.41) is 2.22. The third-order valence-corrected chi connectivity index (χ3v) is 6.00. The Morgan fingerprint density at radius 3 is 2.32 bits per heavy atom. The summed E-state index contributed by atoms with van der Waals surface area (Å²) in [6.45, 7) is 12.8. The summed E-state index contributed by atoms with van der Waals surface area (Å²) < 4.78 is 0. The predicted octanol–water partition coefficient (Wildman–Crippen LogP) is 3.72. The largest absolute Gasteiger partial charge is 0.353 e. The van der Waals surface area contributed by atoms with Crippen LogP contribution in [-0.2, 0) is 0 Å². The lowest BCUT2D eigenvalue weighted by molar-refractivity contribution is 1.19. The molecule has 3 aliphatic rings. The van der Waals surface area contributed by atoms with Crippen LogP contribution in [0.5, 0.6) is 0 Å². The standard InChI is InChI=1S/C24H24N4/c1-11-7-17-15(5)18-9-13(3)23(27-18)24-14(4)10-20(28-24)16(6)19-8-12(2)22(26-19)21(11)25-17/h7-10,25,27H,1-6H3. The van der Waals surface area contributed by atoms with Crippen molar-refractivity contribution in [2.24, 2.45) is 9.98 Å². The van der Waals surface area contributed by atoms with Crippen molar-refractivity contribution in [3.63, 3.8) is 0 Å². The highest BCUT2D eigenvalue weighted by Crippen LogP contribution is 2.29. The van der Waals surface area contributed by atoms with Crippen LogP contribution in [0.4, 0.5) is 0 Å². The molecule has 0 amide bonds. The molecule has 0 atom stereocenters. The molecule has 4 nitrogen and oxygen atoms in total. The fourth-order valence-electron chi connectivity index (χ4n) is 4.21. The van der Waals surface area contributed by atoms with Crippen LogP contribution in [0.1, 0.15) is 50.2 Å². The number of nitrogens with one attached hydrogen (secondary N) is 2. The summed E-state index contributed by atoms with van der Waals surface area (Å²) in [4.78, 5) is 17.2. The van der Waals surface area contributed by atoms with E-state index >= 15 is 0 Å². The van der Waals surface area contributed by atoms with Gasteiger partial charge < -0.3 is 9.97 Å². The molecule has 2 aromatic heterocycles. The number of allylic oxidation sites excluding steroid dienone is 4. The molecule has 0 aliphatic carbocycles. The average Bonchev–Trinajstić information content (AvgIpc) is 3.39. The summed E-state index contributed by atoms with van der Waals surface area (Å²) in [7, 11) is 0. The van der Waals surface area contributed by atoms with Crippen LogP contribution in [0, 0.1) is 13.8 Å². The molecule has 4 heteroatoms. The predicted molar refractivity (Wildman–Crippen MR) is 116 cm³/mol. The number of aromatic nitrogens is 2. The van der Waals surface area contributed by atoms with Gasteiger partial charge in [0.05, 0.1) is 33.9 Å². The highest BCUT2D eigenvalue weighted by molar-refractivity contribution is 6.18. The first-order valence-corrected chi connectivity index (χ1v) is 9.70. The molecule has 5 heterocycles. The molecule has 3 aliphatic heterocycles. The summed E-state index contributed by atoms with van der Waals surface area (Å²) in [6.07, 6.45) is 4.34. The number of rotatable bonds is 0. The number of aromatic amines is 2. The van der Waals surface area contributed by atoms with Gasteiger partial charge in [0.15, 0.2) is 0 Å². The van der Waals surface area contributed by atoms with Crippen LogP contribution in [-0.4, -0.2) is 21.4 Å². The highest BCUT2D eigenvalue weighted by atomic mass is 14.9. The van der Waals surface area contributed by atoms with Crippen molar-refractivity contribution in [3.8, 4) is 0 Å². The van der Waals surface area contributed by atoms with Crippen LogP contribution in [0.3, 0.4) is 0 Å². The van der Waals surface area contributed by atoms with E-state index in [1.165, 1.54) is 27.8 Å². The number of fused-ring (bicyclic) bond motifs is 7. The average molecular weight is 368 g/mol. The Kier molecular flexibility index (Phi) is 3.45. The number of hydrogen-bond donors (Lipinski definition) is 2. The van der Waals surface area contributed by atoms with Crippen molar-refractivity contribution in [2.45, 2.75) is 41.5 Å². The maximum atomic E-state index is 4.98. The first-order chi connectivity index (χ1) is 13.3. The van der Waals surface area contributed by atoms with Gasteiger partial charge in [-0.05, 0) is 93.7 Å². The van der Waals surface area contributed by atoms with Crippen molar-refractivity contribution in [1.82, 2.24) is 9.97 Å². The van der Waals surface area contributed by atoms with Crippen molar-refractivity contribution in [1.29, 1.82) is 0 Å². The van der Waals surface area contributed by atoms with Crippen LogP contribution in [0.2, 0.25) is 0 Å². The molecule has 5 rings (SSSR count). The molecule has 0 saturated carbocycles. The van der Waals surface area contributed by atoms with Crippen molar-refractivity contribution >= 4 is 22.7 Å². The molecular weight excluding hydrogens is 344 g/mol. The van der Waals surface area contributed by atoms with Gasteiger partial charge in [-0.3, -0.25) is 0 Å². The van der Waals surface area contributed by atoms with Gasteiger partial charge in [0.25, 0.3) is 0 Å². The molecule has 0 saturated heterocycles. The Balaban J connectivity index is 1.95. The maximum absolute atomic E-state index is 4.98. The SMILES string of the molecule is CC1=CC2=C(C)C3=NC(=c4[nH]c(cc4C)=C(C)c4cc(C)c([nH]4)C1=N2)C(C)=C3. The van der Waals surface area contributed by atoms with Gasteiger partial charge in [-0.2, -0.15) is 0 Å². The van der Waals surface area contributed by atoms with Crippen molar-refractivity contribution in [3.05, 3.63) is 79.9 Å². The van der Waals surface area contributed by atoms with E-state index in [2.05, 4.69) is 75.8 Å². The summed E-state index contributed by atoms with van der Waals surface area (Å²) >= 11 is 0. The van der Waals surface area contributed by atoms with Gasteiger partial charge in [-0.15, -0.1) is 0 Å². The summed E-state index contributed by atoms with van der Waals surface area (Å²) in [5.74, 6) is 0. The van der Waals surface area contributed by atoms with Crippen molar-refractivity contribution < 1.29 is 0 Å². The van der Waals surface area contributed by atoms with E-state index in [-0.39, 0.29) is 0 Å². The van der Waals surface area contributed by atoms with Gasteiger partial charge in [0.1, 0.15) is 0 Å². The zero-order valence-electron chi connectivity index (χ0n) is 17.2. The lowest BCUT2D eigenvalue weighted by atomic mass is 10.1. The van der Waals surface area contributed by atoms with Gasteiger partial charge in [0.2, 0.25) is 0 Å². The first-order valence-electron chi connectivity index (χ1n) is 9.70. The molecule has 8 bridgehead atoms. The lowest BCUT2D eigenvalue weighted by Gasteiger charge is -2.03. The monoisotopic (exact) mass is 368 g/mol. The molecule has 140 valence electrons. The second-order valence-corrected chi connectivity index (χ2v) is 8.08. The van der Waals surface area contributed by atoms with E-state index in [1.54, 1.807) is 0 Å². The lowest BCUT2D eigenvalue weighted by Crippen LogP contribution is -2.16. The molecule has 28 heavy (non-hydrogen) atoms. The van der Waals surface area contributed by atoms with Gasteiger partial charge in [-0.1, -0.05) is 0 Å². The number of aryl methyl sites for hydroxylation is 2. The zero-order chi connectivity index (χ0) is 19.7. The van der Waals surface area contributed by atoms with Crippen LogP contribution in [0.15, 0.2) is 56.7 Å². The summed E-state index contributed by atoms with van der Waals surface area (Å²) in [6, 6.07) is 4.43. The number of nitrogens with zero attached hydrogens (tertiary/aromatic N) is 2. The van der Waals surface area contributed by atoms with E-state index in [4.69, 9.17) is 9.98 Å². The minimum atomic E-state index is 0.994. The highest BCUT2D eigenvalue weighted by Gasteiger charge is 2.22. The quantitative estimate of drug-likeness (QED) is 0.712. The topological polar surface area (TPSA) is 56.3 Å². The van der Waals surface area contributed by atoms with Gasteiger partial charge in [0, 0.05) is 16.6 Å². The van der Waals surface area contributed by atoms with Crippen LogP contribution < -0.4 is 10.7 Å². The van der Waals surface area contributed by atoms with E-state index in [0.717, 1.165) is 50.5 Å². The van der Waals surface area contributed by atoms with Crippen molar-refractivity contribution in [2.75, 3.05) is 0 Å². The Morgan fingerprint density at radius 2 is 1.54 bits per heavy atom. The molecule has 2 N–H and O–H groups in total. The minimum absolute atomic E-state index is 0.994. The molecule has 0 spiro atoms. The number of aliphatic imine (C=N–C) groups is 2. The minimum Gasteiger partial charge on any atom is -0.353 e. The molecular formula is C24H24N4. The molecule has 0 aromatic carbocycles. The Morgan fingerprint density at radius 1 is 0.750 bits per heavy atom. The Bertz CT molecular complexity index is 1340. The molecule has 0 radical (unpaired) electrons. The second-order valence-electron chi connectivity index (χ2n) is 8.08. The first kappa shape index (κ1) is 17.0. The smallest absolute Gasteiger partial charge is 0.0904 e.